The monoisotopic (exact) mass is 302 g/mol. The topological polar surface area (TPSA) is 50.7 Å². The number of aryl methyl sites for hydroxylation is 1. The van der Waals surface area contributed by atoms with Gasteiger partial charge in [0.05, 0.1) is 6.04 Å². The average molecular weight is 302 g/mol. The number of thiazole rings is 1. The Bertz CT molecular complexity index is 565. The Hall–Kier alpha value is -1.70. The van der Waals surface area contributed by atoms with Crippen molar-refractivity contribution in [1.82, 2.24) is 15.2 Å². The lowest BCUT2D eigenvalue weighted by Crippen LogP contribution is -2.12. The molecule has 0 aliphatic carbocycles. The molecule has 2 aromatic heterocycles. The van der Waals surface area contributed by atoms with E-state index in [1.807, 2.05) is 13.8 Å². The number of nitrogens with zero attached hydrogens (tertiary/aromatic N) is 3. The van der Waals surface area contributed by atoms with Crippen molar-refractivity contribution in [2.45, 2.75) is 32.5 Å². The smallest absolute Gasteiger partial charge is 0.360 e. The van der Waals surface area contributed by atoms with Gasteiger partial charge in [-0.3, -0.25) is 0 Å². The van der Waals surface area contributed by atoms with E-state index in [1.54, 1.807) is 17.5 Å². The summed E-state index contributed by atoms with van der Waals surface area (Å²) < 4.78 is 37.1. The summed E-state index contributed by atoms with van der Waals surface area (Å²) in [6.07, 6.45) is -1.76. The number of hydrogen-bond acceptors (Lipinski definition) is 5. The van der Waals surface area contributed by atoms with Gasteiger partial charge in [0.2, 0.25) is 0 Å². The first-order valence-electron chi connectivity index (χ1n) is 6.02. The van der Waals surface area contributed by atoms with Gasteiger partial charge in [0.25, 0.3) is 0 Å². The molecule has 0 aliphatic heterocycles. The highest BCUT2D eigenvalue weighted by Gasteiger charge is 2.32. The van der Waals surface area contributed by atoms with Crippen LogP contribution in [0.2, 0.25) is 0 Å². The standard InChI is InChI=1S/C12H13F3N4S/c1-3-8-6-16-11(20-8)7(2)17-10-5-4-9(18-19-10)12(13,14)15/h4-7H,3H2,1-2H3,(H,17,19). The van der Waals surface area contributed by atoms with Gasteiger partial charge in [0, 0.05) is 11.1 Å². The number of halogens is 3. The van der Waals surface area contributed by atoms with Gasteiger partial charge in [-0.05, 0) is 25.5 Å². The first-order valence-corrected chi connectivity index (χ1v) is 6.84. The third kappa shape index (κ3) is 3.44. The molecule has 0 spiro atoms. The second-order valence-corrected chi connectivity index (χ2v) is 5.33. The maximum absolute atomic E-state index is 12.4. The first-order chi connectivity index (χ1) is 9.40. The van der Waals surface area contributed by atoms with Crippen LogP contribution in [-0.4, -0.2) is 15.2 Å². The summed E-state index contributed by atoms with van der Waals surface area (Å²) in [5, 5.41) is 10.5. The fraction of sp³-hybridized carbons (Fsp3) is 0.417. The molecule has 0 saturated carbocycles. The van der Waals surface area contributed by atoms with E-state index in [0.29, 0.717) is 5.82 Å². The summed E-state index contributed by atoms with van der Waals surface area (Å²) in [6, 6.07) is 2.04. The zero-order valence-corrected chi connectivity index (χ0v) is 11.7. The number of nitrogens with one attached hydrogen (secondary N) is 1. The summed E-state index contributed by atoms with van der Waals surface area (Å²) in [7, 11) is 0. The van der Waals surface area contributed by atoms with Crippen LogP contribution in [0.3, 0.4) is 0 Å². The van der Waals surface area contributed by atoms with Gasteiger partial charge >= 0.3 is 6.18 Å². The minimum absolute atomic E-state index is 0.133. The Balaban J connectivity index is 2.06. The predicted octanol–water partition coefficient (Wildman–Crippen LogP) is 3.69. The lowest BCUT2D eigenvalue weighted by atomic mass is 10.3. The summed E-state index contributed by atoms with van der Waals surface area (Å²) in [6.45, 7) is 3.91. The van der Waals surface area contributed by atoms with Crippen LogP contribution < -0.4 is 5.32 Å². The van der Waals surface area contributed by atoms with Gasteiger partial charge in [-0.2, -0.15) is 13.2 Å². The largest absolute Gasteiger partial charge is 0.435 e. The lowest BCUT2D eigenvalue weighted by Gasteiger charge is -2.12. The first kappa shape index (κ1) is 14.7. The van der Waals surface area contributed by atoms with Gasteiger partial charge in [0.15, 0.2) is 5.69 Å². The van der Waals surface area contributed by atoms with Crippen LogP contribution in [0.1, 0.15) is 35.5 Å². The van der Waals surface area contributed by atoms with Gasteiger partial charge in [-0.15, -0.1) is 21.5 Å². The third-order valence-electron chi connectivity index (χ3n) is 2.61. The van der Waals surface area contributed by atoms with Crippen molar-refractivity contribution in [2.75, 3.05) is 5.32 Å². The summed E-state index contributed by atoms with van der Waals surface area (Å²) in [5.41, 5.74) is -1.00. The second kappa shape index (κ2) is 5.74. The maximum Gasteiger partial charge on any atom is 0.435 e. The average Bonchev–Trinajstić information content (AvgIpc) is 2.87. The molecule has 0 radical (unpaired) electrons. The Labute approximate surface area is 118 Å². The van der Waals surface area contributed by atoms with E-state index in [9.17, 15) is 13.2 Å². The van der Waals surface area contributed by atoms with Gasteiger partial charge < -0.3 is 5.32 Å². The Morgan fingerprint density at radius 3 is 2.55 bits per heavy atom. The van der Waals surface area contributed by atoms with Gasteiger partial charge in [-0.25, -0.2) is 4.98 Å². The van der Waals surface area contributed by atoms with Crippen LogP contribution in [0.5, 0.6) is 0 Å². The van der Waals surface area contributed by atoms with Crippen molar-refractivity contribution in [3.63, 3.8) is 0 Å². The molecule has 1 unspecified atom stereocenters. The van der Waals surface area contributed by atoms with Gasteiger partial charge in [-0.1, -0.05) is 6.92 Å². The Morgan fingerprint density at radius 2 is 2.05 bits per heavy atom. The molecule has 108 valence electrons. The second-order valence-electron chi connectivity index (χ2n) is 4.19. The van der Waals surface area contributed by atoms with Gasteiger partial charge in [0.1, 0.15) is 10.8 Å². The lowest BCUT2D eigenvalue weighted by molar-refractivity contribution is -0.141. The van der Waals surface area contributed by atoms with Crippen LogP contribution in [0.4, 0.5) is 19.0 Å². The van der Waals surface area contributed by atoms with E-state index in [0.717, 1.165) is 22.4 Å². The molecule has 2 aromatic rings. The van der Waals surface area contributed by atoms with Crippen molar-refractivity contribution in [3.05, 3.63) is 33.9 Å². The Morgan fingerprint density at radius 1 is 1.30 bits per heavy atom. The fourth-order valence-corrected chi connectivity index (χ4v) is 2.39. The summed E-state index contributed by atoms with van der Waals surface area (Å²) >= 11 is 1.57. The molecule has 0 aromatic carbocycles. The molecule has 0 aliphatic rings. The zero-order valence-electron chi connectivity index (χ0n) is 10.9. The van der Waals surface area contributed by atoms with E-state index >= 15 is 0 Å². The molecule has 1 N–H and O–H groups in total. The molecule has 8 heteroatoms. The number of anilines is 1. The highest BCUT2D eigenvalue weighted by molar-refractivity contribution is 7.11. The van der Waals surface area contributed by atoms with Crippen LogP contribution >= 0.6 is 11.3 Å². The number of alkyl halides is 3. The molecule has 0 bridgehead atoms. The molecular formula is C12H13F3N4S. The third-order valence-corrected chi connectivity index (χ3v) is 3.93. The van der Waals surface area contributed by atoms with Crippen molar-refractivity contribution in [3.8, 4) is 0 Å². The zero-order chi connectivity index (χ0) is 14.8. The molecule has 0 amide bonds. The Kier molecular flexibility index (Phi) is 4.22. The van der Waals surface area contributed by atoms with Crippen LogP contribution in [0, 0.1) is 0 Å². The molecule has 4 nitrogen and oxygen atoms in total. The van der Waals surface area contributed by atoms with Crippen molar-refractivity contribution in [1.29, 1.82) is 0 Å². The highest BCUT2D eigenvalue weighted by atomic mass is 32.1. The minimum Gasteiger partial charge on any atom is -0.360 e. The molecule has 0 fully saturated rings. The molecule has 0 saturated heterocycles. The summed E-state index contributed by atoms with van der Waals surface area (Å²) in [5.74, 6) is 0.291. The van der Waals surface area contributed by atoms with E-state index in [2.05, 4.69) is 20.5 Å². The molecule has 1 atom stereocenters. The van der Waals surface area contributed by atoms with Crippen LogP contribution in [-0.2, 0) is 12.6 Å². The van der Waals surface area contributed by atoms with Crippen molar-refractivity contribution in [2.24, 2.45) is 0 Å². The normalized spacial score (nSPS) is 13.2. The van der Waals surface area contributed by atoms with E-state index in [4.69, 9.17) is 0 Å². The maximum atomic E-state index is 12.4. The van der Waals surface area contributed by atoms with Crippen LogP contribution in [0.15, 0.2) is 18.3 Å². The fourth-order valence-electron chi connectivity index (χ4n) is 1.53. The van der Waals surface area contributed by atoms with Crippen molar-refractivity contribution < 1.29 is 13.2 Å². The predicted molar refractivity (Wildman–Crippen MR) is 70.6 cm³/mol. The minimum atomic E-state index is -4.47. The van der Waals surface area contributed by atoms with E-state index in [-0.39, 0.29) is 6.04 Å². The molecule has 2 rings (SSSR count). The van der Waals surface area contributed by atoms with Crippen LogP contribution in [0.25, 0.3) is 0 Å². The molecule has 2 heterocycles. The SMILES string of the molecule is CCc1cnc(C(C)Nc2ccc(C(F)(F)F)nn2)s1. The number of aromatic nitrogens is 3. The quantitative estimate of drug-likeness (QED) is 0.936. The highest BCUT2D eigenvalue weighted by Crippen LogP contribution is 2.28. The number of rotatable bonds is 4. The molecular weight excluding hydrogens is 289 g/mol. The van der Waals surface area contributed by atoms with E-state index in [1.165, 1.54) is 6.07 Å². The molecule has 20 heavy (non-hydrogen) atoms. The number of hydrogen-bond donors (Lipinski definition) is 1. The summed E-state index contributed by atoms with van der Waals surface area (Å²) in [4.78, 5) is 5.43. The van der Waals surface area contributed by atoms with E-state index < -0.39 is 11.9 Å². The van der Waals surface area contributed by atoms with Crippen molar-refractivity contribution >= 4 is 17.2 Å².